The van der Waals surface area contributed by atoms with Crippen molar-refractivity contribution in [3.8, 4) is 0 Å². The molecule has 0 aliphatic carbocycles. The van der Waals surface area contributed by atoms with Gasteiger partial charge in [-0.2, -0.15) is 0 Å². The minimum atomic E-state index is -1.07. The highest BCUT2D eigenvalue weighted by molar-refractivity contribution is 5.94. The summed E-state index contributed by atoms with van der Waals surface area (Å²) in [6.07, 6.45) is 4.32. The maximum atomic E-state index is 11.9. The fraction of sp³-hybridized carbons (Fsp3) is 0.417. The fourth-order valence-electron chi connectivity index (χ4n) is 1.82. The van der Waals surface area contributed by atoms with Gasteiger partial charge < -0.3 is 15.2 Å². The van der Waals surface area contributed by atoms with Crippen molar-refractivity contribution >= 4 is 17.6 Å². The molecule has 1 atom stereocenters. The van der Waals surface area contributed by atoms with Crippen molar-refractivity contribution < 1.29 is 19.4 Å². The highest BCUT2D eigenvalue weighted by Crippen LogP contribution is 2.16. The SMILES string of the molecule is O=C(O)c1cncc(NC(=O)C2CCCOC2)c1. The van der Waals surface area contributed by atoms with Crippen molar-refractivity contribution in [1.82, 2.24) is 4.98 Å². The first-order valence-electron chi connectivity index (χ1n) is 5.74. The number of hydrogen-bond acceptors (Lipinski definition) is 4. The van der Waals surface area contributed by atoms with Crippen LogP contribution in [0.2, 0.25) is 0 Å². The quantitative estimate of drug-likeness (QED) is 0.839. The molecular formula is C12H14N2O4. The maximum Gasteiger partial charge on any atom is 0.337 e. The molecule has 2 heterocycles. The molecule has 1 aromatic heterocycles. The zero-order valence-electron chi connectivity index (χ0n) is 9.76. The van der Waals surface area contributed by atoms with Gasteiger partial charge in [0.15, 0.2) is 0 Å². The molecule has 96 valence electrons. The molecule has 6 nitrogen and oxygen atoms in total. The number of carboxylic acids is 1. The molecule has 0 spiro atoms. The highest BCUT2D eigenvalue weighted by atomic mass is 16.5. The van der Waals surface area contributed by atoms with E-state index in [1.165, 1.54) is 18.5 Å². The number of ether oxygens (including phenoxy) is 1. The molecule has 1 aliphatic rings. The summed E-state index contributed by atoms with van der Waals surface area (Å²) in [7, 11) is 0. The molecule has 2 N–H and O–H groups in total. The second kappa shape index (κ2) is 5.59. The number of anilines is 1. The van der Waals surface area contributed by atoms with Gasteiger partial charge in [-0.25, -0.2) is 4.79 Å². The van der Waals surface area contributed by atoms with Crippen LogP contribution in [0.3, 0.4) is 0 Å². The summed E-state index contributed by atoms with van der Waals surface area (Å²) in [6.45, 7) is 1.11. The average Bonchev–Trinajstić information content (AvgIpc) is 2.40. The normalized spacial score (nSPS) is 19.2. The second-order valence-corrected chi connectivity index (χ2v) is 4.17. The van der Waals surface area contributed by atoms with E-state index >= 15 is 0 Å². The van der Waals surface area contributed by atoms with Gasteiger partial charge in [-0.3, -0.25) is 9.78 Å². The molecule has 1 saturated heterocycles. The zero-order chi connectivity index (χ0) is 13.0. The minimum Gasteiger partial charge on any atom is -0.478 e. The number of aromatic nitrogens is 1. The van der Waals surface area contributed by atoms with E-state index in [2.05, 4.69) is 10.3 Å². The second-order valence-electron chi connectivity index (χ2n) is 4.17. The van der Waals surface area contributed by atoms with E-state index in [4.69, 9.17) is 9.84 Å². The number of carbonyl (C=O) groups excluding carboxylic acids is 1. The average molecular weight is 250 g/mol. The predicted octanol–water partition coefficient (Wildman–Crippen LogP) is 1.14. The molecule has 1 aliphatic heterocycles. The smallest absolute Gasteiger partial charge is 0.337 e. The molecule has 0 aromatic carbocycles. The van der Waals surface area contributed by atoms with Crippen molar-refractivity contribution in [2.75, 3.05) is 18.5 Å². The van der Waals surface area contributed by atoms with Crippen molar-refractivity contribution in [3.63, 3.8) is 0 Å². The molecule has 1 amide bonds. The van der Waals surface area contributed by atoms with Gasteiger partial charge in [-0.1, -0.05) is 0 Å². The van der Waals surface area contributed by atoms with Crippen LogP contribution in [0.25, 0.3) is 0 Å². The summed E-state index contributed by atoms with van der Waals surface area (Å²) >= 11 is 0. The van der Waals surface area contributed by atoms with Crippen LogP contribution >= 0.6 is 0 Å². The lowest BCUT2D eigenvalue weighted by atomic mass is 10.0. The lowest BCUT2D eigenvalue weighted by Gasteiger charge is -2.21. The summed E-state index contributed by atoms with van der Waals surface area (Å²) in [5.41, 5.74) is 0.443. The molecule has 2 rings (SSSR count). The zero-order valence-corrected chi connectivity index (χ0v) is 9.76. The third-order valence-corrected chi connectivity index (χ3v) is 2.78. The number of amides is 1. The molecular weight excluding hydrogens is 236 g/mol. The Morgan fingerprint density at radius 2 is 2.28 bits per heavy atom. The lowest BCUT2D eigenvalue weighted by Crippen LogP contribution is -2.30. The van der Waals surface area contributed by atoms with E-state index in [0.717, 1.165) is 12.8 Å². The van der Waals surface area contributed by atoms with Gasteiger partial charge in [-0.05, 0) is 18.9 Å². The van der Waals surface area contributed by atoms with Crippen LogP contribution in [0.15, 0.2) is 18.5 Å². The van der Waals surface area contributed by atoms with Crippen molar-refractivity contribution in [2.24, 2.45) is 5.92 Å². The monoisotopic (exact) mass is 250 g/mol. The van der Waals surface area contributed by atoms with Crippen LogP contribution in [0.1, 0.15) is 23.2 Å². The van der Waals surface area contributed by atoms with Crippen LogP contribution < -0.4 is 5.32 Å². The van der Waals surface area contributed by atoms with Crippen LogP contribution in [0.5, 0.6) is 0 Å². The minimum absolute atomic E-state index is 0.0488. The number of carbonyl (C=O) groups is 2. The Morgan fingerprint density at radius 3 is 2.94 bits per heavy atom. The molecule has 6 heteroatoms. The molecule has 18 heavy (non-hydrogen) atoms. The molecule has 0 bridgehead atoms. The summed E-state index contributed by atoms with van der Waals surface area (Å²) in [4.78, 5) is 26.4. The number of pyridine rings is 1. The van der Waals surface area contributed by atoms with Crippen LogP contribution in [0, 0.1) is 5.92 Å². The molecule has 1 fully saturated rings. The van der Waals surface area contributed by atoms with Gasteiger partial charge in [-0.15, -0.1) is 0 Å². The first kappa shape index (κ1) is 12.5. The number of carboxylic acid groups (broad SMARTS) is 1. The van der Waals surface area contributed by atoms with E-state index in [0.29, 0.717) is 18.9 Å². The Kier molecular flexibility index (Phi) is 3.88. The molecule has 0 saturated carbocycles. The standard InChI is InChI=1S/C12H14N2O4/c15-11(8-2-1-3-18-7-8)14-10-4-9(12(16)17)5-13-6-10/h4-6,8H,1-3,7H2,(H,14,15)(H,16,17). The van der Waals surface area contributed by atoms with Gasteiger partial charge in [0, 0.05) is 12.8 Å². The van der Waals surface area contributed by atoms with Gasteiger partial charge in [0.2, 0.25) is 5.91 Å². The Hall–Kier alpha value is -1.95. The lowest BCUT2D eigenvalue weighted by molar-refractivity contribution is -0.123. The first-order valence-corrected chi connectivity index (χ1v) is 5.74. The Balaban J connectivity index is 2.02. The third-order valence-electron chi connectivity index (χ3n) is 2.78. The van der Waals surface area contributed by atoms with E-state index < -0.39 is 5.97 Å². The van der Waals surface area contributed by atoms with Gasteiger partial charge in [0.1, 0.15) is 0 Å². The first-order chi connectivity index (χ1) is 8.66. The number of hydrogen-bond donors (Lipinski definition) is 2. The number of nitrogens with one attached hydrogen (secondary N) is 1. The Labute approximate surface area is 104 Å². The van der Waals surface area contributed by atoms with Crippen LogP contribution in [-0.2, 0) is 9.53 Å². The summed E-state index contributed by atoms with van der Waals surface area (Å²) < 4.78 is 5.23. The van der Waals surface area contributed by atoms with E-state index in [1.54, 1.807) is 0 Å². The Morgan fingerprint density at radius 1 is 1.44 bits per heavy atom. The molecule has 0 radical (unpaired) electrons. The van der Waals surface area contributed by atoms with Gasteiger partial charge in [0.25, 0.3) is 0 Å². The van der Waals surface area contributed by atoms with E-state index in [-0.39, 0.29) is 17.4 Å². The van der Waals surface area contributed by atoms with Crippen molar-refractivity contribution in [1.29, 1.82) is 0 Å². The Bertz CT molecular complexity index is 455. The number of nitrogens with zero attached hydrogens (tertiary/aromatic N) is 1. The molecule has 1 unspecified atom stereocenters. The maximum absolute atomic E-state index is 11.9. The third kappa shape index (κ3) is 3.04. The largest absolute Gasteiger partial charge is 0.478 e. The van der Waals surface area contributed by atoms with Crippen molar-refractivity contribution in [2.45, 2.75) is 12.8 Å². The topological polar surface area (TPSA) is 88.5 Å². The summed E-state index contributed by atoms with van der Waals surface area (Å²) in [6, 6.07) is 1.39. The summed E-state index contributed by atoms with van der Waals surface area (Å²) in [5.74, 6) is -1.40. The number of aromatic carboxylic acids is 1. The van der Waals surface area contributed by atoms with Gasteiger partial charge >= 0.3 is 5.97 Å². The van der Waals surface area contributed by atoms with Gasteiger partial charge in [0.05, 0.1) is 30.0 Å². The van der Waals surface area contributed by atoms with Crippen molar-refractivity contribution in [3.05, 3.63) is 24.0 Å². The predicted molar refractivity (Wildman–Crippen MR) is 63.4 cm³/mol. The molecule has 1 aromatic rings. The number of rotatable bonds is 3. The van der Waals surface area contributed by atoms with E-state index in [1.807, 2.05) is 0 Å². The summed E-state index contributed by atoms with van der Waals surface area (Å²) in [5, 5.41) is 11.5. The van der Waals surface area contributed by atoms with E-state index in [9.17, 15) is 9.59 Å². The van der Waals surface area contributed by atoms with Crippen LogP contribution in [-0.4, -0.2) is 35.2 Å². The van der Waals surface area contributed by atoms with Crippen LogP contribution in [0.4, 0.5) is 5.69 Å². The fourth-order valence-corrected chi connectivity index (χ4v) is 1.82. The highest BCUT2D eigenvalue weighted by Gasteiger charge is 2.22.